The standard InChI is InChI=1S/C22H26N4O3/c1-15(27)25-10-8-19-17(14-25)13-23-22(24-19)20-7-4-9-26(20)21(28)12-16-5-3-6-18(11-16)29-2/h3,5-6,11,13,20H,4,7-10,12,14H2,1-2H3. The van der Waals surface area contributed by atoms with Gasteiger partial charge in [0.05, 0.1) is 25.3 Å². The van der Waals surface area contributed by atoms with Crippen molar-refractivity contribution in [2.45, 2.75) is 45.2 Å². The van der Waals surface area contributed by atoms with E-state index in [1.165, 1.54) is 0 Å². The summed E-state index contributed by atoms with van der Waals surface area (Å²) in [5, 5.41) is 0. The van der Waals surface area contributed by atoms with E-state index in [1.807, 2.05) is 40.3 Å². The Morgan fingerprint density at radius 2 is 2.14 bits per heavy atom. The summed E-state index contributed by atoms with van der Waals surface area (Å²) in [4.78, 5) is 37.7. The number of methoxy groups -OCH3 is 1. The maximum atomic E-state index is 13.0. The number of fused-ring (bicyclic) bond motifs is 1. The number of aromatic nitrogens is 2. The number of ether oxygens (including phenoxy) is 1. The lowest BCUT2D eigenvalue weighted by atomic mass is 10.1. The highest BCUT2D eigenvalue weighted by molar-refractivity contribution is 5.79. The molecule has 1 atom stereocenters. The molecule has 7 heteroatoms. The molecule has 0 bridgehead atoms. The molecule has 0 saturated carbocycles. The van der Waals surface area contributed by atoms with E-state index in [0.29, 0.717) is 19.5 Å². The van der Waals surface area contributed by atoms with Crippen LogP contribution in [-0.4, -0.2) is 51.8 Å². The minimum Gasteiger partial charge on any atom is -0.497 e. The van der Waals surface area contributed by atoms with Crippen LogP contribution in [-0.2, 0) is 29.0 Å². The number of likely N-dealkylation sites (tertiary alicyclic amines) is 1. The molecule has 1 aromatic heterocycles. The Morgan fingerprint density at radius 3 is 2.93 bits per heavy atom. The van der Waals surface area contributed by atoms with Gasteiger partial charge in [0.1, 0.15) is 5.75 Å². The first-order chi connectivity index (χ1) is 14.0. The van der Waals surface area contributed by atoms with Crippen LogP contribution in [0.3, 0.4) is 0 Å². The molecule has 2 amide bonds. The van der Waals surface area contributed by atoms with Crippen LogP contribution in [0.25, 0.3) is 0 Å². The maximum Gasteiger partial charge on any atom is 0.227 e. The van der Waals surface area contributed by atoms with Crippen molar-refractivity contribution in [3.8, 4) is 5.75 Å². The van der Waals surface area contributed by atoms with Gasteiger partial charge in [-0.2, -0.15) is 0 Å². The summed E-state index contributed by atoms with van der Waals surface area (Å²) >= 11 is 0. The third-order valence-corrected chi connectivity index (χ3v) is 5.76. The molecule has 0 aliphatic carbocycles. The van der Waals surface area contributed by atoms with Gasteiger partial charge in [0.25, 0.3) is 0 Å². The predicted molar refractivity (Wildman–Crippen MR) is 107 cm³/mol. The van der Waals surface area contributed by atoms with Crippen LogP contribution in [0.4, 0.5) is 0 Å². The first-order valence-electron chi connectivity index (χ1n) is 10.1. The van der Waals surface area contributed by atoms with Crippen molar-refractivity contribution >= 4 is 11.8 Å². The Bertz CT molecular complexity index is 930. The van der Waals surface area contributed by atoms with Gasteiger partial charge in [-0.05, 0) is 30.5 Å². The third-order valence-electron chi connectivity index (χ3n) is 5.76. The molecule has 152 valence electrons. The molecule has 0 N–H and O–H groups in total. The van der Waals surface area contributed by atoms with E-state index in [-0.39, 0.29) is 17.9 Å². The topological polar surface area (TPSA) is 75.6 Å². The SMILES string of the molecule is COc1cccc(CC(=O)N2CCCC2c2ncc3c(n2)CCN(C(C)=O)C3)c1. The summed E-state index contributed by atoms with van der Waals surface area (Å²) in [5.74, 6) is 1.64. The van der Waals surface area contributed by atoms with Gasteiger partial charge < -0.3 is 14.5 Å². The second kappa shape index (κ2) is 8.19. The van der Waals surface area contributed by atoms with Crippen molar-refractivity contribution in [1.29, 1.82) is 0 Å². The zero-order valence-corrected chi connectivity index (χ0v) is 16.9. The van der Waals surface area contributed by atoms with E-state index in [0.717, 1.165) is 54.2 Å². The summed E-state index contributed by atoms with van der Waals surface area (Å²) < 4.78 is 5.26. The van der Waals surface area contributed by atoms with Crippen LogP contribution in [0, 0.1) is 0 Å². The monoisotopic (exact) mass is 394 g/mol. The van der Waals surface area contributed by atoms with E-state index in [9.17, 15) is 9.59 Å². The van der Waals surface area contributed by atoms with Crippen LogP contribution >= 0.6 is 0 Å². The lowest BCUT2D eigenvalue weighted by molar-refractivity contribution is -0.132. The fourth-order valence-corrected chi connectivity index (χ4v) is 4.15. The zero-order chi connectivity index (χ0) is 20.4. The average Bonchev–Trinajstić information content (AvgIpc) is 3.23. The van der Waals surface area contributed by atoms with E-state index in [4.69, 9.17) is 9.72 Å². The number of rotatable bonds is 4. The second-order valence-electron chi connectivity index (χ2n) is 7.66. The summed E-state index contributed by atoms with van der Waals surface area (Å²) in [6, 6.07) is 7.55. The number of carbonyl (C=O) groups excluding carboxylic acids is 2. The first kappa shape index (κ1) is 19.4. The first-order valence-corrected chi connectivity index (χ1v) is 10.1. The third kappa shape index (κ3) is 4.09. The molecule has 2 aliphatic heterocycles. The van der Waals surface area contributed by atoms with Crippen molar-refractivity contribution < 1.29 is 14.3 Å². The summed E-state index contributed by atoms with van der Waals surface area (Å²) in [6.07, 6.45) is 4.73. The minimum absolute atomic E-state index is 0.0739. The van der Waals surface area contributed by atoms with Crippen LogP contribution in [0.1, 0.15) is 48.5 Å². The average molecular weight is 394 g/mol. The second-order valence-corrected chi connectivity index (χ2v) is 7.66. The molecule has 7 nitrogen and oxygen atoms in total. The van der Waals surface area contributed by atoms with Gasteiger partial charge in [-0.25, -0.2) is 9.97 Å². The van der Waals surface area contributed by atoms with Crippen LogP contribution in [0.2, 0.25) is 0 Å². The Labute approximate surface area is 170 Å². The number of hydrogen-bond acceptors (Lipinski definition) is 5. The number of benzene rings is 1. The highest BCUT2D eigenvalue weighted by Gasteiger charge is 2.32. The van der Waals surface area contributed by atoms with E-state index < -0.39 is 0 Å². The van der Waals surface area contributed by atoms with Gasteiger partial charge in [-0.15, -0.1) is 0 Å². The van der Waals surface area contributed by atoms with Crippen molar-refractivity contribution in [2.24, 2.45) is 0 Å². The lowest BCUT2D eigenvalue weighted by Gasteiger charge is -2.28. The number of carbonyl (C=O) groups is 2. The fourth-order valence-electron chi connectivity index (χ4n) is 4.15. The Balaban J connectivity index is 1.49. The maximum absolute atomic E-state index is 13.0. The quantitative estimate of drug-likeness (QED) is 0.795. The van der Waals surface area contributed by atoms with Crippen molar-refractivity contribution in [2.75, 3.05) is 20.2 Å². The van der Waals surface area contributed by atoms with Gasteiger partial charge in [0.15, 0.2) is 5.82 Å². The highest BCUT2D eigenvalue weighted by atomic mass is 16.5. The molecule has 29 heavy (non-hydrogen) atoms. The molecule has 3 heterocycles. The summed E-state index contributed by atoms with van der Waals surface area (Å²) in [6.45, 7) is 3.56. The van der Waals surface area contributed by atoms with Gasteiger partial charge in [-0.1, -0.05) is 12.1 Å². The van der Waals surface area contributed by atoms with Crippen LogP contribution in [0.15, 0.2) is 30.5 Å². The number of nitrogens with zero attached hydrogens (tertiary/aromatic N) is 4. The minimum atomic E-state index is -0.0794. The molecular formula is C22H26N4O3. The normalized spacial score (nSPS) is 18.5. The molecule has 1 saturated heterocycles. The molecule has 1 aromatic carbocycles. The molecule has 2 aliphatic rings. The molecule has 2 aromatic rings. The summed E-state index contributed by atoms with van der Waals surface area (Å²) in [7, 11) is 1.63. The van der Waals surface area contributed by atoms with E-state index in [2.05, 4.69) is 4.98 Å². The smallest absolute Gasteiger partial charge is 0.227 e. The number of amides is 2. The van der Waals surface area contributed by atoms with Gasteiger partial charge in [0, 0.05) is 44.7 Å². The molecule has 0 radical (unpaired) electrons. The molecule has 1 fully saturated rings. The molecule has 4 rings (SSSR count). The molecular weight excluding hydrogens is 368 g/mol. The van der Waals surface area contributed by atoms with E-state index in [1.54, 1.807) is 14.0 Å². The van der Waals surface area contributed by atoms with Gasteiger partial charge in [-0.3, -0.25) is 9.59 Å². The van der Waals surface area contributed by atoms with Gasteiger partial charge >= 0.3 is 0 Å². The highest BCUT2D eigenvalue weighted by Crippen LogP contribution is 2.31. The Hall–Kier alpha value is -2.96. The van der Waals surface area contributed by atoms with Crippen molar-refractivity contribution in [3.63, 3.8) is 0 Å². The fraction of sp³-hybridized carbons (Fsp3) is 0.455. The zero-order valence-electron chi connectivity index (χ0n) is 16.9. The van der Waals surface area contributed by atoms with E-state index >= 15 is 0 Å². The molecule has 0 spiro atoms. The summed E-state index contributed by atoms with van der Waals surface area (Å²) in [5.41, 5.74) is 2.94. The lowest BCUT2D eigenvalue weighted by Crippen LogP contribution is -2.36. The largest absolute Gasteiger partial charge is 0.497 e. The van der Waals surface area contributed by atoms with Gasteiger partial charge in [0.2, 0.25) is 11.8 Å². The predicted octanol–water partition coefficient (Wildman–Crippen LogP) is 2.30. The molecule has 1 unspecified atom stereocenters. The Morgan fingerprint density at radius 1 is 1.28 bits per heavy atom. The van der Waals surface area contributed by atoms with Crippen LogP contribution in [0.5, 0.6) is 5.75 Å². The number of hydrogen-bond donors (Lipinski definition) is 0. The van der Waals surface area contributed by atoms with Crippen LogP contribution < -0.4 is 4.74 Å². The Kier molecular flexibility index (Phi) is 5.47. The van der Waals surface area contributed by atoms with Crippen molar-refractivity contribution in [1.82, 2.24) is 19.8 Å². The van der Waals surface area contributed by atoms with Crippen molar-refractivity contribution in [3.05, 3.63) is 53.1 Å².